The number of carbonyl (C=O) groups is 1. The monoisotopic (exact) mass is 414 g/mol. The highest BCUT2D eigenvalue weighted by Gasteiger charge is 2.24. The summed E-state index contributed by atoms with van der Waals surface area (Å²) in [7, 11) is -0.499. The van der Waals surface area contributed by atoms with E-state index < -0.39 is 10.0 Å². The van der Waals surface area contributed by atoms with Crippen molar-refractivity contribution in [3.05, 3.63) is 71.8 Å². The van der Waals surface area contributed by atoms with Gasteiger partial charge in [-0.3, -0.25) is 4.79 Å². The first-order valence-electron chi connectivity index (χ1n) is 9.75. The van der Waals surface area contributed by atoms with E-state index in [4.69, 9.17) is 0 Å². The molecule has 0 atom stereocenters. The third-order valence-electron chi connectivity index (χ3n) is 5.15. The number of benzene rings is 2. The molecule has 1 aliphatic heterocycles. The summed E-state index contributed by atoms with van der Waals surface area (Å²) in [6, 6.07) is 16.4. The lowest BCUT2D eigenvalue weighted by Crippen LogP contribution is -3.14. The maximum Gasteiger partial charge on any atom is 0.254 e. The normalized spacial score (nSPS) is 15.9. The Bertz CT molecular complexity index is 947. The molecular formula is C22H28N3O3S+. The summed E-state index contributed by atoms with van der Waals surface area (Å²) in [5, 5.41) is 0. The largest absolute Gasteiger partial charge is 0.329 e. The molecule has 1 saturated heterocycles. The highest BCUT2D eigenvalue weighted by atomic mass is 32.2. The van der Waals surface area contributed by atoms with Crippen LogP contribution in [0.15, 0.2) is 65.6 Å². The highest BCUT2D eigenvalue weighted by Crippen LogP contribution is 2.15. The number of amides is 1. The minimum atomic E-state index is -3.48. The van der Waals surface area contributed by atoms with Gasteiger partial charge in [0.25, 0.3) is 5.91 Å². The van der Waals surface area contributed by atoms with Crippen LogP contribution in [-0.2, 0) is 10.0 Å². The Morgan fingerprint density at radius 2 is 1.66 bits per heavy atom. The fourth-order valence-electron chi connectivity index (χ4n) is 3.32. The number of carbonyl (C=O) groups excluding carboxylic acids is 1. The molecule has 0 spiro atoms. The quantitative estimate of drug-likeness (QED) is 0.767. The van der Waals surface area contributed by atoms with Crippen molar-refractivity contribution in [3.8, 4) is 0 Å². The summed E-state index contributed by atoms with van der Waals surface area (Å²) in [6.45, 7) is 4.14. The van der Waals surface area contributed by atoms with Crippen molar-refractivity contribution in [1.29, 1.82) is 0 Å². The van der Waals surface area contributed by atoms with Gasteiger partial charge >= 0.3 is 0 Å². The van der Waals surface area contributed by atoms with Gasteiger partial charge in [0.15, 0.2) is 0 Å². The van der Waals surface area contributed by atoms with Gasteiger partial charge in [0.1, 0.15) is 0 Å². The van der Waals surface area contributed by atoms with Crippen molar-refractivity contribution in [1.82, 2.24) is 9.21 Å². The van der Waals surface area contributed by atoms with Crippen LogP contribution in [0.4, 0.5) is 0 Å². The van der Waals surface area contributed by atoms with Crippen molar-refractivity contribution in [3.63, 3.8) is 0 Å². The fourth-order valence-corrected chi connectivity index (χ4v) is 4.22. The summed E-state index contributed by atoms with van der Waals surface area (Å²) in [5.41, 5.74) is 1.72. The molecule has 7 heteroatoms. The number of rotatable bonds is 6. The molecular weight excluding hydrogens is 386 g/mol. The predicted octanol–water partition coefficient (Wildman–Crippen LogP) is 0.991. The third-order valence-corrected chi connectivity index (χ3v) is 6.98. The second-order valence-electron chi connectivity index (χ2n) is 7.37. The Labute approximate surface area is 173 Å². The zero-order chi connectivity index (χ0) is 20.9. The first kappa shape index (κ1) is 21.2. The molecule has 0 bridgehead atoms. The zero-order valence-electron chi connectivity index (χ0n) is 16.9. The van der Waals surface area contributed by atoms with Gasteiger partial charge in [0, 0.05) is 19.7 Å². The lowest BCUT2D eigenvalue weighted by molar-refractivity contribution is -0.898. The predicted molar refractivity (Wildman–Crippen MR) is 114 cm³/mol. The Morgan fingerprint density at radius 3 is 2.24 bits per heavy atom. The van der Waals surface area contributed by atoms with E-state index in [0.717, 1.165) is 23.9 Å². The van der Waals surface area contributed by atoms with Gasteiger partial charge < -0.3 is 9.80 Å². The summed E-state index contributed by atoms with van der Waals surface area (Å²) >= 11 is 0. The van der Waals surface area contributed by atoms with Crippen LogP contribution in [0.1, 0.15) is 15.9 Å². The van der Waals surface area contributed by atoms with Crippen molar-refractivity contribution in [2.75, 3.05) is 46.8 Å². The number of piperazine rings is 1. The van der Waals surface area contributed by atoms with E-state index in [1.54, 1.807) is 12.1 Å². The smallest absolute Gasteiger partial charge is 0.254 e. The third kappa shape index (κ3) is 5.32. The van der Waals surface area contributed by atoms with Gasteiger partial charge in [0.05, 0.1) is 37.6 Å². The minimum Gasteiger partial charge on any atom is -0.329 e. The molecule has 0 unspecified atom stereocenters. The number of nitrogens with zero attached hydrogens (tertiary/aromatic N) is 2. The Balaban J connectivity index is 1.53. The van der Waals surface area contributed by atoms with E-state index in [0.29, 0.717) is 18.7 Å². The molecule has 1 N–H and O–H groups in total. The second-order valence-corrected chi connectivity index (χ2v) is 9.52. The minimum absolute atomic E-state index is 0.0438. The summed E-state index contributed by atoms with van der Waals surface area (Å²) in [4.78, 5) is 16.2. The van der Waals surface area contributed by atoms with Crippen molar-refractivity contribution < 1.29 is 18.1 Å². The molecule has 6 nitrogen and oxygen atoms in total. The lowest BCUT2D eigenvalue weighted by Gasteiger charge is -2.31. The Hall–Kier alpha value is -2.48. The first-order chi connectivity index (χ1) is 13.9. The molecule has 1 aliphatic rings. The number of hydrogen-bond donors (Lipinski definition) is 1. The molecule has 1 amide bonds. The summed E-state index contributed by atoms with van der Waals surface area (Å²) in [6.07, 6.45) is 4.32. The van der Waals surface area contributed by atoms with E-state index in [1.165, 1.54) is 36.7 Å². The van der Waals surface area contributed by atoms with Gasteiger partial charge in [-0.2, -0.15) is 0 Å². The number of sulfonamides is 1. The van der Waals surface area contributed by atoms with Crippen molar-refractivity contribution in [2.45, 2.75) is 4.90 Å². The van der Waals surface area contributed by atoms with Gasteiger partial charge in [0.2, 0.25) is 10.0 Å². The molecule has 2 aromatic carbocycles. The number of nitrogens with one attached hydrogen (secondary N) is 1. The fraction of sp³-hybridized carbons (Fsp3) is 0.318. The molecule has 1 heterocycles. The SMILES string of the molecule is CN(C)S(=O)(=O)c1ccc(C(=O)N2CC[NH+](C/C=C/c3ccccc3)CC2)cc1. The first-order valence-corrected chi connectivity index (χ1v) is 11.2. The molecule has 3 rings (SSSR count). The lowest BCUT2D eigenvalue weighted by atomic mass is 10.2. The molecule has 154 valence electrons. The average molecular weight is 415 g/mol. The van der Waals surface area contributed by atoms with Crippen LogP contribution in [0.2, 0.25) is 0 Å². The topological polar surface area (TPSA) is 62.1 Å². The maximum absolute atomic E-state index is 12.7. The molecule has 0 aliphatic carbocycles. The van der Waals surface area contributed by atoms with E-state index in [9.17, 15) is 13.2 Å². The highest BCUT2D eigenvalue weighted by molar-refractivity contribution is 7.89. The molecule has 0 aromatic heterocycles. The molecule has 0 saturated carbocycles. The standard InChI is InChI=1S/C22H27N3O3S/c1-23(2)29(27,28)21-12-10-20(11-13-21)22(26)25-17-15-24(16-18-25)14-6-9-19-7-4-3-5-8-19/h3-13H,14-18H2,1-2H3/p+1/b9-6+. The van der Waals surface area contributed by atoms with E-state index in [-0.39, 0.29) is 10.8 Å². The van der Waals surface area contributed by atoms with Crippen LogP contribution < -0.4 is 4.90 Å². The van der Waals surface area contributed by atoms with Gasteiger partial charge in [-0.25, -0.2) is 12.7 Å². The van der Waals surface area contributed by atoms with Gasteiger partial charge in [-0.1, -0.05) is 36.4 Å². The number of hydrogen-bond acceptors (Lipinski definition) is 3. The van der Waals surface area contributed by atoms with Crippen LogP contribution in [-0.4, -0.2) is 70.3 Å². The molecule has 2 aromatic rings. The van der Waals surface area contributed by atoms with Gasteiger partial charge in [-0.05, 0) is 35.9 Å². The van der Waals surface area contributed by atoms with Crippen molar-refractivity contribution >= 4 is 22.0 Å². The summed E-state index contributed by atoms with van der Waals surface area (Å²) < 4.78 is 25.5. The zero-order valence-corrected chi connectivity index (χ0v) is 17.7. The van der Waals surface area contributed by atoms with E-state index >= 15 is 0 Å². The van der Waals surface area contributed by atoms with Crippen LogP contribution in [0, 0.1) is 0 Å². The Morgan fingerprint density at radius 1 is 1.03 bits per heavy atom. The Kier molecular flexibility index (Phi) is 6.84. The number of quaternary nitrogens is 1. The van der Waals surface area contributed by atoms with Crippen LogP contribution in [0.5, 0.6) is 0 Å². The molecule has 29 heavy (non-hydrogen) atoms. The van der Waals surface area contributed by atoms with Crippen molar-refractivity contribution in [2.24, 2.45) is 0 Å². The second kappa shape index (κ2) is 9.35. The van der Waals surface area contributed by atoms with Gasteiger partial charge in [-0.15, -0.1) is 0 Å². The molecule has 0 radical (unpaired) electrons. The van der Waals surface area contributed by atoms with E-state index in [1.807, 2.05) is 23.1 Å². The maximum atomic E-state index is 12.7. The van der Waals surface area contributed by atoms with Crippen LogP contribution in [0.3, 0.4) is 0 Å². The van der Waals surface area contributed by atoms with E-state index in [2.05, 4.69) is 24.3 Å². The van der Waals surface area contributed by atoms with Crippen LogP contribution in [0.25, 0.3) is 6.08 Å². The average Bonchev–Trinajstić information content (AvgIpc) is 2.74. The van der Waals surface area contributed by atoms with Crippen LogP contribution >= 0.6 is 0 Å². The molecule has 1 fully saturated rings. The summed E-state index contributed by atoms with van der Waals surface area (Å²) in [5.74, 6) is -0.0438.